The molecule has 0 aliphatic carbocycles. The van der Waals surface area contributed by atoms with Crippen LogP contribution in [0.1, 0.15) is 53.0 Å². The van der Waals surface area contributed by atoms with Gasteiger partial charge in [0.1, 0.15) is 0 Å². The average Bonchev–Trinajstić information content (AvgIpc) is 3.26. The molecule has 2 amide bonds. The van der Waals surface area contributed by atoms with Crippen LogP contribution < -0.4 is 5.32 Å². The van der Waals surface area contributed by atoms with E-state index < -0.39 is 0 Å². The van der Waals surface area contributed by atoms with Gasteiger partial charge in [-0.25, -0.2) is 9.97 Å². The normalized spacial score (nSPS) is 19.3. The van der Waals surface area contributed by atoms with E-state index >= 15 is 0 Å². The first-order chi connectivity index (χ1) is 16.9. The molecule has 2 fully saturated rings. The van der Waals surface area contributed by atoms with Gasteiger partial charge in [0.05, 0.1) is 40.5 Å². The van der Waals surface area contributed by atoms with Gasteiger partial charge in [0, 0.05) is 25.2 Å². The van der Waals surface area contributed by atoms with Crippen LogP contribution in [0.25, 0.3) is 11.0 Å². The summed E-state index contributed by atoms with van der Waals surface area (Å²) in [6.07, 6.45) is 4.03. The molecule has 182 valence electrons. The smallest absolute Gasteiger partial charge is 0.251 e. The zero-order chi connectivity index (χ0) is 24.4. The summed E-state index contributed by atoms with van der Waals surface area (Å²) >= 11 is 0. The highest BCUT2D eigenvalue weighted by Gasteiger charge is 2.43. The number of fused-ring (bicyclic) bond motifs is 1. The van der Waals surface area contributed by atoms with Gasteiger partial charge in [0.25, 0.3) is 5.91 Å². The number of aromatic nitrogens is 2. The van der Waals surface area contributed by atoms with Gasteiger partial charge >= 0.3 is 0 Å². The predicted molar refractivity (Wildman–Crippen MR) is 134 cm³/mol. The van der Waals surface area contributed by atoms with E-state index in [-0.39, 0.29) is 23.5 Å². The van der Waals surface area contributed by atoms with Gasteiger partial charge in [-0.2, -0.15) is 0 Å². The summed E-state index contributed by atoms with van der Waals surface area (Å²) in [5, 5.41) is 3.03. The molecular formula is C28H32N4O3. The molecule has 7 heteroatoms. The van der Waals surface area contributed by atoms with Crippen LogP contribution in [0.15, 0.2) is 48.5 Å². The quantitative estimate of drug-likeness (QED) is 0.611. The highest BCUT2D eigenvalue weighted by atomic mass is 16.5. The van der Waals surface area contributed by atoms with Crippen LogP contribution >= 0.6 is 0 Å². The zero-order valence-corrected chi connectivity index (χ0v) is 20.4. The number of likely N-dealkylation sites (tertiary alicyclic amines) is 1. The Morgan fingerprint density at radius 1 is 1.00 bits per heavy atom. The maximum atomic E-state index is 12.8. The van der Waals surface area contributed by atoms with Crippen molar-refractivity contribution in [3.05, 3.63) is 71.0 Å². The van der Waals surface area contributed by atoms with Gasteiger partial charge in [0.15, 0.2) is 0 Å². The molecule has 2 aliphatic heterocycles. The number of nitrogens with zero attached hydrogens (tertiary/aromatic N) is 3. The van der Waals surface area contributed by atoms with E-state index in [1.807, 2.05) is 55.1 Å². The highest BCUT2D eigenvalue weighted by Crippen LogP contribution is 2.38. The molecule has 1 aromatic heterocycles. The molecule has 1 spiro atoms. The molecule has 3 heterocycles. The van der Waals surface area contributed by atoms with Crippen molar-refractivity contribution in [1.82, 2.24) is 20.2 Å². The third kappa shape index (κ3) is 5.20. The minimum atomic E-state index is -0.174. The second-order valence-electron chi connectivity index (χ2n) is 9.81. The zero-order valence-electron chi connectivity index (χ0n) is 20.4. The van der Waals surface area contributed by atoms with E-state index in [0.717, 1.165) is 66.8 Å². The number of carbonyl (C=O) groups excluding carboxylic acids is 2. The molecule has 5 rings (SSSR count). The first-order valence-electron chi connectivity index (χ1n) is 12.4. The Kier molecular flexibility index (Phi) is 6.52. The SMILES string of the molecule is Cc1nc2ccc(C(=O)NCC3CCC4(CCN(C(=O)Cc5ccccc5)CC4)O3)cc2nc1C. The lowest BCUT2D eigenvalue weighted by Crippen LogP contribution is -2.47. The summed E-state index contributed by atoms with van der Waals surface area (Å²) in [7, 11) is 0. The minimum Gasteiger partial charge on any atom is -0.370 e. The number of hydrogen-bond acceptors (Lipinski definition) is 5. The monoisotopic (exact) mass is 472 g/mol. The van der Waals surface area contributed by atoms with Crippen LogP contribution in [0.5, 0.6) is 0 Å². The number of aryl methyl sites for hydroxylation is 2. The van der Waals surface area contributed by atoms with Gasteiger partial charge in [-0.3, -0.25) is 9.59 Å². The molecule has 3 aromatic rings. The Labute approximate surface area is 205 Å². The van der Waals surface area contributed by atoms with Crippen molar-refractivity contribution in [1.29, 1.82) is 0 Å². The summed E-state index contributed by atoms with van der Waals surface area (Å²) in [5.74, 6) is 0.0519. The Morgan fingerprint density at radius 3 is 2.46 bits per heavy atom. The standard InChI is InChI=1S/C28H32N4O3/c1-19-20(2)31-25-17-22(8-9-24(25)30-19)27(34)29-18-23-10-11-28(35-23)12-14-32(15-13-28)26(33)16-21-6-4-3-5-7-21/h3-9,17,23H,10-16,18H2,1-2H3,(H,29,34). The topological polar surface area (TPSA) is 84.4 Å². The van der Waals surface area contributed by atoms with Crippen LogP contribution in [-0.2, 0) is 16.0 Å². The third-order valence-corrected chi connectivity index (χ3v) is 7.39. The number of ether oxygens (including phenoxy) is 1. The van der Waals surface area contributed by atoms with Crippen LogP contribution in [0.3, 0.4) is 0 Å². The number of amides is 2. The van der Waals surface area contributed by atoms with Crippen LogP contribution in [0, 0.1) is 13.8 Å². The second-order valence-corrected chi connectivity index (χ2v) is 9.81. The van der Waals surface area contributed by atoms with Crippen molar-refractivity contribution in [2.75, 3.05) is 19.6 Å². The number of benzene rings is 2. The van der Waals surface area contributed by atoms with Gasteiger partial charge in [0.2, 0.25) is 5.91 Å². The van der Waals surface area contributed by atoms with Crippen molar-refractivity contribution < 1.29 is 14.3 Å². The Morgan fingerprint density at radius 2 is 1.71 bits per heavy atom. The van der Waals surface area contributed by atoms with Crippen LogP contribution in [-0.4, -0.2) is 58.0 Å². The predicted octanol–water partition coefficient (Wildman–Crippen LogP) is 3.76. The van der Waals surface area contributed by atoms with Crippen molar-refractivity contribution in [2.45, 2.75) is 57.7 Å². The number of nitrogens with one attached hydrogen (secondary N) is 1. The molecule has 0 radical (unpaired) electrons. The maximum absolute atomic E-state index is 12.8. The summed E-state index contributed by atoms with van der Waals surface area (Å²) in [5.41, 5.74) is 4.74. The van der Waals surface area contributed by atoms with Crippen LogP contribution in [0.2, 0.25) is 0 Å². The summed E-state index contributed by atoms with van der Waals surface area (Å²) in [6, 6.07) is 15.3. The largest absolute Gasteiger partial charge is 0.370 e. The molecular weight excluding hydrogens is 440 g/mol. The van der Waals surface area contributed by atoms with E-state index in [9.17, 15) is 9.59 Å². The lowest BCUT2D eigenvalue weighted by atomic mass is 9.88. The fourth-order valence-corrected chi connectivity index (χ4v) is 5.13. The van der Waals surface area contributed by atoms with Crippen molar-refractivity contribution in [3.8, 4) is 0 Å². The van der Waals surface area contributed by atoms with E-state index in [1.165, 1.54) is 0 Å². The molecule has 1 atom stereocenters. The number of piperidine rings is 1. The van der Waals surface area contributed by atoms with Gasteiger partial charge < -0.3 is 15.0 Å². The van der Waals surface area contributed by atoms with E-state index in [4.69, 9.17) is 4.74 Å². The molecule has 1 N–H and O–H groups in total. The Balaban J connectivity index is 1.11. The van der Waals surface area contributed by atoms with Gasteiger partial charge in [-0.15, -0.1) is 0 Å². The number of rotatable bonds is 5. The molecule has 35 heavy (non-hydrogen) atoms. The lowest BCUT2D eigenvalue weighted by molar-refractivity contribution is -0.136. The molecule has 0 saturated carbocycles. The molecule has 2 saturated heterocycles. The Bertz CT molecular complexity index is 1240. The molecule has 2 aromatic carbocycles. The van der Waals surface area contributed by atoms with Crippen molar-refractivity contribution in [3.63, 3.8) is 0 Å². The number of carbonyl (C=O) groups is 2. The first-order valence-corrected chi connectivity index (χ1v) is 12.4. The van der Waals surface area contributed by atoms with Crippen LogP contribution in [0.4, 0.5) is 0 Å². The molecule has 1 unspecified atom stereocenters. The maximum Gasteiger partial charge on any atom is 0.251 e. The lowest BCUT2D eigenvalue weighted by Gasteiger charge is -2.39. The fourth-order valence-electron chi connectivity index (χ4n) is 5.13. The van der Waals surface area contributed by atoms with Crippen molar-refractivity contribution in [2.24, 2.45) is 0 Å². The number of hydrogen-bond donors (Lipinski definition) is 1. The summed E-state index contributed by atoms with van der Waals surface area (Å²) in [6.45, 7) is 5.78. The summed E-state index contributed by atoms with van der Waals surface area (Å²) < 4.78 is 6.45. The molecule has 7 nitrogen and oxygen atoms in total. The van der Waals surface area contributed by atoms with E-state index in [2.05, 4.69) is 15.3 Å². The Hall–Kier alpha value is -3.32. The average molecular weight is 473 g/mol. The van der Waals surface area contributed by atoms with E-state index in [0.29, 0.717) is 18.5 Å². The first kappa shape index (κ1) is 23.4. The minimum absolute atomic E-state index is 0.00402. The summed E-state index contributed by atoms with van der Waals surface area (Å²) in [4.78, 5) is 36.5. The van der Waals surface area contributed by atoms with Gasteiger partial charge in [-0.1, -0.05) is 30.3 Å². The van der Waals surface area contributed by atoms with E-state index in [1.54, 1.807) is 12.1 Å². The third-order valence-electron chi connectivity index (χ3n) is 7.39. The van der Waals surface area contributed by atoms with Crippen molar-refractivity contribution >= 4 is 22.8 Å². The fraction of sp³-hybridized carbons (Fsp3) is 0.429. The molecule has 0 bridgehead atoms. The second kappa shape index (κ2) is 9.74. The highest BCUT2D eigenvalue weighted by molar-refractivity contribution is 5.97. The van der Waals surface area contributed by atoms with Gasteiger partial charge in [-0.05, 0) is 63.3 Å². The molecule has 2 aliphatic rings.